The third-order valence-corrected chi connectivity index (χ3v) is 7.31. The van der Waals surface area contributed by atoms with E-state index in [-0.39, 0.29) is 83.3 Å². The molecule has 2 N–H and O–H groups in total. The van der Waals surface area contributed by atoms with E-state index in [2.05, 4.69) is 5.32 Å². The Labute approximate surface area is 205 Å². The molecule has 194 valence electrons. The van der Waals surface area contributed by atoms with Gasteiger partial charge in [0.2, 0.25) is 5.91 Å². The van der Waals surface area contributed by atoms with E-state index in [9.17, 15) is 19.5 Å². The highest BCUT2D eigenvalue weighted by Gasteiger charge is 2.63. The van der Waals surface area contributed by atoms with E-state index in [1.165, 1.54) is 6.07 Å². The second-order valence-corrected chi connectivity index (χ2v) is 9.30. The number of esters is 2. The molecule has 2 aliphatic carbocycles. The summed E-state index contributed by atoms with van der Waals surface area (Å²) in [5.74, 6) is -0.905. The molecule has 7 nitrogen and oxygen atoms in total. The molecule has 7 atom stereocenters. The van der Waals surface area contributed by atoms with Crippen LogP contribution in [0.3, 0.4) is 0 Å². The van der Waals surface area contributed by atoms with Gasteiger partial charge in [-0.1, -0.05) is 62.6 Å². The number of phenolic OH excluding ortho intramolecular Hbond substituents is 1. The molecule has 3 aliphatic rings. The molecule has 7 unspecified atom stereocenters. The van der Waals surface area contributed by atoms with Crippen LogP contribution in [-0.2, 0) is 23.9 Å². The third kappa shape index (κ3) is 5.39. The van der Waals surface area contributed by atoms with Crippen LogP contribution < -0.4 is 5.32 Å². The highest BCUT2D eigenvalue weighted by Crippen LogP contribution is 2.55. The van der Waals surface area contributed by atoms with Crippen molar-refractivity contribution in [3.63, 3.8) is 0 Å². The predicted molar refractivity (Wildman–Crippen MR) is 135 cm³/mol. The molecular weight excluding hydrogens is 434 g/mol. The summed E-state index contributed by atoms with van der Waals surface area (Å²) in [5.41, 5.74) is -0.461. The Hall–Kier alpha value is -2.57. The first-order valence-electron chi connectivity index (χ1n) is 10.7. The molecule has 1 aromatic carbocycles. The minimum Gasteiger partial charge on any atom is -0.506 e. The van der Waals surface area contributed by atoms with Crippen LogP contribution in [0.5, 0.6) is 5.75 Å². The number of carbonyl (C=O) groups is 3. The van der Waals surface area contributed by atoms with Gasteiger partial charge in [0.25, 0.3) is 0 Å². The summed E-state index contributed by atoms with van der Waals surface area (Å²) in [6.07, 6.45) is 1.79. The lowest BCUT2D eigenvalue weighted by atomic mass is 9.78. The van der Waals surface area contributed by atoms with Gasteiger partial charge in [0, 0.05) is 17.3 Å². The van der Waals surface area contributed by atoms with Crippen LogP contribution in [0.15, 0.2) is 24.3 Å². The molecule has 1 heterocycles. The molecule has 4 rings (SSSR count). The number of fused-ring (bicyclic) bond motifs is 1. The molecule has 1 amide bonds. The smallest absolute Gasteiger partial charge is 0.309 e. The number of amides is 1. The molecule has 0 spiro atoms. The number of hydrogen-bond acceptors (Lipinski definition) is 6. The molecule has 1 aliphatic heterocycles. The fraction of sp³-hybridized carbons (Fsp3) is 0.667. The Morgan fingerprint density at radius 1 is 1.21 bits per heavy atom. The zero-order valence-corrected chi connectivity index (χ0v) is 17.6. The van der Waals surface area contributed by atoms with Gasteiger partial charge < -0.3 is 19.9 Å². The molecule has 3 fully saturated rings. The van der Waals surface area contributed by atoms with Gasteiger partial charge in [-0.2, -0.15) is 0 Å². The topological polar surface area (TPSA) is 102 Å². The summed E-state index contributed by atoms with van der Waals surface area (Å²) in [6, 6.07) is 6.55. The minimum absolute atomic E-state index is 0. The number of benzene rings is 1. The van der Waals surface area contributed by atoms with Gasteiger partial charge in [0.1, 0.15) is 18.0 Å². The Bertz CT molecular complexity index is 870. The summed E-state index contributed by atoms with van der Waals surface area (Å²) in [6.45, 7) is 5.48. The van der Waals surface area contributed by atoms with Crippen LogP contribution in [0.1, 0.15) is 76.2 Å². The fourth-order valence-corrected chi connectivity index (χ4v) is 5.32. The van der Waals surface area contributed by atoms with Crippen LogP contribution in [-0.4, -0.2) is 35.2 Å². The zero-order chi connectivity index (χ0) is 21.6. The molecular formula is C27H45NO6. The van der Waals surface area contributed by atoms with Crippen LogP contribution in [0.2, 0.25) is 0 Å². The minimum atomic E-state index is -0.805. The predicted octanol–water partition coefficient (Wildman–Crippen LogP) is 5.81. The highest BCUT2D eigenvalue weighted by atomic mass is 16.6. The van der Waals surface area contributed by atoms with Crippen LogP contribution in [0.25, 0.3) is 0 Å². The van der Waals surface area contributed by atoms with E-state index >= 15 is 0 Å². The van der Waals surface area contributed by atoms with Crippen molar-refractivity contribution < 1.29 is 29.0 Å². The van der Waals surface area contributed by atoms with Crippen molar-refractivity contribution in [1.82, 2.24) is 0 Å². The Balaban J connectivity index is 0.00000272. The maximum Gasteiger partial charge on any atom is 0.309 e. The first kappa shape index (κ1) is 31.4. The number of carbonyl (C=O) groups excluding carboxylic acids is 3. The van der Waals surface area contributed by atoms with Gasteiger partial charge in [0.05, 0.1) is 17.5 Å². The van der Waals surface area contributed by atoms with E-state index in [1.54, 1.807) is 25.1 Å². The first-order valence-corrected chi connectivity index (χ1v) is 10.7. The standard InChI is InChI=1S/C23H29NO6.4CH4/c1-4-23(3,22(28)24-16-7-5-6-8-17(16)25)11-12(2)20(26)29-18-13-9-14-15(10-13)21(27)30-19(14)18;;;;/h5-8,12-15,18-19,25H,4,9-11H2,1-3H3,(H,24,28);4*1H4. The Morgan fingerprint density at radius 3 is 2.47 bits per heavy atom. The molecule has 7 heteroatoms. The molecule has 2 bridgehead atoms. The van der Waals surface area contributed by atoms with Crippen molar-refractivity contribution in [3.8, 4) is 5.75 Å². The molecule has 2 saturated carbocycles. The second kappa shape index (κ2) is 11.7. The maximum absolute atomic E-state index is 12.9. The van der Waals surface area contributed by atoms with Gasteiger partial charge in [-0.15, -0.1) is 0 Å². The molecule has 0 radical (unpaired) electrons. The first-order chi connectivity index (χ1) is 14.2. The van der Waals surface area contributed by atoms with Crippen molar-refractivity contribution in [3.05, 3.63) is 24.3 Å². The highest BCUT2D eigenvalue weighted by molar-refractivity contribution is 5.96. The number of phenols is 1. The number of anilines is 1. The normalized spacial score (nSPS) is 28.0. The average Bonchev–Trinajstić information content (AvgIpc) is 3.34. The van der Waals surface area contributed by atoms with Crippen molar-refractivity contribution in [2.75, 3.05) is 5.32 Å². The van der Waals surface area contributed by atoms with E-state index in [0.29, 0.717) is 18.5 Å². The van der Waals surface area contributed by atoms with Crippen molar-refractivity contribution in [1.29, 1.82) is 0 Å². The number of rotatable bonds is 7. The number of hydrogen-bond donors (Lipinski definition) is 2. The van der Waals surface area contributed by atoms with Gasteiger partial charge in [-0.3, -0.25) is 14.4 Å². The number of para-hydroxylation sites is 2. The second-order valence-electron chi connectivity index (χ2n) is 9.30. The van der Waals surface area contributed by atoms with Crippen LogP contribution in [0, 0.1) is 29.1 Å². The maximum atomic E-state index is 12.9. The number of ether oxygens (including phenoxy) is 2. The summed E-state index contributed by atoms with van der Waals surface area (Å²) < 4.78 is 11.3. The number of nitrogens with one attached hydrogen (secondary N) is 1. The largest absolute Gasteiger partial charge is 0.506 e. The molecule has 1 saturated heterocycles. The summed E-state index contributed by atoms with van der Waals surface area (Å²) in [7, 11) is 0. The van der Waals surface area contributed by atoms with Crippen LogP contribution >= 0.6 is 0 Å². The fourth-order valence-electron chi connectivity index (χ4n) is 5.32. The SMILES string of the molecule is C.C.C.C.CCC(C)(CC(C)C(=O)OC1C2CC3C(=O)OC1C3C2)C(=O)Nc1ccccc1O. The van der Waals surface area contributed by atoms with Crippen molar-refractivity contribution >= 4 is 23.5 Å². The average molecular weight is 480 g/mol. The lowest BCUT2D eigenvalue weighted by molar-refractivity contribution is -0.166. The van der Waals surface area contributed by atoms with E-state index in [4.69, 9.17) is 9.47 Å². The van der Waals surface area contributed by atoms with E-state index in [1.807, 2.05) is 13.8 Å². The third-order valence-electron chi connectivity index (χ3n) is 7.31. The lowest BCUT2D eigenvalue weighted by Crippen LogP contribution is -2.39. The van der Waals surface area contributed by atoms with Crippen molar-refractivity contribution in [2.24, 2.45) is 29.1 Å². The monoisotopic (exact) mass is 479 g/mol. The molecule has 0 aromatic heterocycles. The molecule has 34 heavy (non-hydrogen) atoms. The van der Waals surface area contributed by atoms with Gasteiger partial charge >= 0.3 is 11.9 Å². The summed E-state index contributed by atoms with van der Waals surface area (Å²) >= 11 is 0. The van der Waals surface area contributed by atoms with Gasteiger partial charge in [-0.25, -0.2) is 0 Å². The Kier molecular flexibility index (Phi) is 10.8. The van der Waals surface area contributed by atoms with Gasteiger partial charge in [-0.05, 0) is 37.8 Å². The lowest BCUT2D eigenvalue weighted by Gasteiger charge is -2.31. The summed E-state index contributed by atoms with van der Waals surface area (Å²) in [4.78, 5) is 37.7. The van der Waals surface area contributed by atoms with Crippen molar-refractivity contribution in [2.45, 2.75) is 88.4 Å². The van der Waals surface area contributed by atoms with Gasteiger partial charge in [0.15, 0.2) is 0 Å². The Morgan fingerprint density at radius 2 is 1.85 bits per heavy atom. The summed E-state index contributed by atoms with van der Waals surface area (Å²) in [5, 5.41) is 12.7. The van der Waals surface area contributed by atoms with E-state index < -0.39 is 11.3 Å². The van der Waals surface area contributed by atoms with Crippen LogP contribution in [0.4, 0.5) is 5.69 Å². The quantitative estimate of drug-likeness (QED) is 0.378. The van der Waals surface area contributed by atoms with E-state index in [0.717, 1.165) is 12.8 Å². The zero-order valence-electron chi connectivity index (χ0n) is 17.6. The molecule has 1 aromatic rings. The number of aromatic hydroxyl groups is 1.